The third-order valence-electron chi connectivity index (χ3n) is 26.9. The fourth-order valence-electron chi connectivity index (χ4n) is 20.9. The lowest BCUT2D eigenvalue weighted by molar-refractivity contribution is 0.669. The normalized spacial score (nSPS) is 12.2. The van der Waals surface area contributed by atoms with Crippen molar-refractivity contribution in [3.63, 3.8) is 0 Å². The van der Waals surface area contributed by atoms with Gasteiger partial charge in [0.05, 0.1) is 27.5 Å². The van der Waals surface area contributed by atoms with Crippen LogP contribution >= 0.6 is 0 Å². The Kier molecular flexibility index (Phi) is 15.2. The highest BCUT2D eigenvalue weighted by Crippen LogP contribution is 2.47. The topological polar surface area (TPSA) is 90.4 Å². The van der Waals surface area contributed by atoms with Gasteiger partial charge in [-0.1, -0.05) is 237 Å². The molecule has 30 aromatic rings. The number of furan rings is 5. The van der Waals surface area contributed by atoms with E-state index < -0.39 is 0 Å². The lowest BCUT2D eigenvalue weighted by Crippen LogP contribution is -1.86. The Labute approximate surface area is 712 Å². The molecule has 0 bridgehead atoms. The first kappa shape index (κ1) is 70.5. The standard InChI is InChI=1S/5C23H15NO/c1-24-20-9-5-4-8-16(20)17-13-23-19(12-21(17)24)18-10-14-6-2-3-7-15(14)11-22(18)25-23;1-24-19-9-5-4-8-16(19)17-11-12-18-21-15-7-3-2-6-14(15)10-13-20(21)25-23(18)22(17)24;1-24-19-11-10-17-16-8-4-5-9-21(16)25-23(17)22(19)18-12-14-6-2-3-7-15(14)13-20(18)24;1-24-20-9-5-4-8-16(20)17-10-11-18-19-12-14-6-2-3-7-15(14)13-21(19)25-23(18)22(17)24;1-24-20-9-5-4-8-16(20)18-12-19-17-11-10-14-6-2-3-7-15(14)23(17)25-22(19)13-21(18)24/h5*2-13H,1H3. The van der Waals surface area contributed by atoms with E-state index in [-0.39, 0.29) is 0 Å². The third kappa shape index (κ3) is 10.5. The zero-order valence-corrected chi connectivity index (χ0v) is 68.9. The van der Waals surface area contributed by atoms with Gasteiger partial charge in [-0.15, -0.1) is 0 Å². The van der Waals surface area contributed by atoms with Crippen molar-refractivity contribution >= 4 is 273 Å². The summed E-state index contributed by atoms with van der Waals surface area (Å²) in [6.07, 6.45) is 0. The summed E-state index contributed by atoms with van der Waals surface area (Å²) in [7, 11) is 10.6. The van der Waals surface area contributed by atoms with Gasteiger partial charge in [0, 0.05) is 182 Å². The van der Waals surface area contributed by atoms with Gasteiger partial charge in [0.25, 0.3) is 0 Å². The highest BCUT2D eigenvalue weighted by Gasteiger charge is 2.24. The van der Waals surface area contributed by atoms with Crippen molar-refractivity contribution in [1.29, 1.82) is 0 Å². The molecular formula is C115H75N5O5. The van der Waals surface area contributed by atoms with Crippen LogP contribution in [0.3, 0.4) is 0 Å². The van der Waals surface area contributed by atoms with Crippen LogP contribution in [0.5, 0.6) is 0 Å². The Morgan fingerprint density at radius 1 is 0.144 bits per heavy atom. The largest absolute Gasteiger partial charge is 0.456 e. The Bertz CT molecular complexity index is 9810. The Balaban J connectivity index is 0.0000000833. The average Bonchev–Trinajstić information content (AvgIpc) is 1.60. The van der Waals surface area contributed by atoms with Gasteiger partial charge in [-0.05, 0) is 170 Å². The van der Waals surface area contributed by atoms with Crippen molar-refractivity contribution in [3.05, 3.63) is 364 Å². The average molecular weight is 1610 g/mol. The molecule has 590 valence electrons. The number of hydrogen-bond acceptors (Lipinski definition) is 5. The lowest BCUT2D eigenvalue weighted by atomic mass is 10.0. The summed E-state index contributed by atoms with van der Waals surface area (Å²) in [6.45, 7) is 0. The van der Waals surface area contributed by atoms with Crippen molar-refractivity contribution < 1.29 is 22.1 Å². The highest BCUT2D eigenvalue weighted by atomic mass is 16.3. The molecule has 0 radical (unpaired) electrons. The minimum absolute atomic E-state index is 0.947. The molecule has 20 aromatic carbocycles. The molecule has 0 N–H and O–H groups in total. The summed E-state index contributed by atoms with van der Waals surface area (Å²) in [5.41, 5.74) is 21.8. The SMILES string of the molecule is Cn1c2cc3ccccc3cc2c2c3oc4ccccc4c3ccc21.Cn1c2ccccc2c2cc3c(cc21)oc1c2ccccc2ccc31.Cn1c2ccccc2c2cc3oc4cc5ccccc5cc4c3cc21.Cn1c2ccccc2c2ccc3c(oc4ccc5ccccc5c43)c21.Cn1c2ccccc2c2ccc3c4cc5ccccc5cc4oc3c21. The second-order valence-electron chi connectivity index (χ2n) is 33.5. The zero-order chi connectivity index (χ0) is 82.7. The van der Waals surface area contributed by atoms with Crippen LogP contribution in [-0.4, -0.2) is 22.8 Å². The van der Waals surface area contributed by atoms with E-state index in [1.165, 1.54) is 217 Å². The minimum atomic E-state index is 0.947. The van der Waals surface area contributed by atoms with Crippen molar-refractivity contribution in [2.24, 2.45) is 35.2 Å². The summed E-state index contributed by atoms with van der Waals surface area (Å²) in [5, 5.41) is 36.7. The summed E-state index contributed by atoms with van der Waals surface area (Å²) in [4.78, 5) is 0. The number of nitrogens with zero attached hydrogens (tertiary/aromatic N) is 5. The number of para-hydroxylation sites is 5. The van der Waals surface area contributed by atoms with E-state index in [4.69, 9.17) is 22.1 Å². The summed E-state index contributed by atoms with van der Waals surface area (Å²) < 4.78 is 42.8. The van der Waals surface area contributed by atoms with Gasteiger partial charge in [-0.2, -0.15) is 0 Å². The molecule has 0 amide bonds. The highest BCUT2D eigenvalue weighted by molar-refractivity contribution is 6.29. The molecule has 0 atom stereocenters. The maximum atomic E-state index is 6.36. The van der Waals surface area contributed by atoms with Crippen LogP contribution in [-0.2, 0) is 35.2 Å². The van der Waals surface area contributed by atoms with E-state index in [0.29, 0.717) is 0 Å². The van der Waals surface area contributed by atoms with Gasteiger partial charge in [-0.25, -0.2) is 0 Å². The van der Waals surface area contributed by atoms with Crippen molar-refractivity contribution in [3.8, 4) is 0 Å². The number of aromatic nitrogens is 5. The smallest absolute Gasteiger partial charge is 0.159 e. The van der Waals surface area contributed by atoms with Crippen molar-refractivity contribution in [1.82, 2.24) is 22.8 Å². The Morgan fingerprint density at radius 3 is 1.12 bits per heavy atom. The zero-order valence-electron chi connectivity index (χ0n) is 68.9. The Morgan fingerprint density at radius 2 is 0.496 bits per heavy atom. The molecule has 0 aliphatic heterocycles. The molecule has 0 unspecified atom stereocenters. The molecule has 10 aromatic heterocycles. The van der Waals surface area contributed by atoms with Crippen LogP contribution in [0, 0.1) is 0 Å². The molecule has 10 nitrogen and oxygen atoms in total. The second-order valence-corrected chi connectivity index (χ2v) is 33.5. The van der Waals surface area contributed by atoms with Crippen LogP contribution in [0.1, 0.15) is 0 Å². The monoisotopic (exact) mass is 1610 g/mol. The molecule has 0 saturated carbocycles. The maximum absolute atomic E-state index is 6.36. The van der Waals surface area contributed by atoms with Crippen molar-refractivity contribution in [2.45, 2.75) is 0 Å². The van der Waals surface area contributed by atoms with Gasteiger partial charge >= 0.3 is 0 Å². The van der Waals surface area contributed by atoms with Crippen molar-refractivity contribution in [2.75, 3.05) is 0 Å². The van der Waals surface area contributed by atoms with Crippen LogP contribution in [0.4, 0.5) is 0 Å². The maximum Gasteiger partial charge on any atom is 0.159 e. The molecular weight excluding hydrogens is 1530 g/mol. The fraction of sp³-hybridized carbons (Fsp3) is 0.0435. The Hall–Kier alpha value is -16.3. The molecule has 0 aliphatic rings. The molecule has 10 heterocycles. The first-order valence-electron chi connectivity index (χ1n) is 42.6. The number of fused-ring (bicyclic) bond motifs is 40. The molecule has 125 heavy (non-hydrogen) atoms. The van der Waals surface area contributed by atoms with Gasteiger partial charge in [0.1, 0.15) is 44.7 Å². The summed E-state index contributed by atoms with van der Waals surface area (Å²) in [6, 6.07) is 129. The predicted octanol–water partition coefficient (Wildman–Crippen LogP) is 31.9. The molecule has 0 aliphatic carbocycles. The lowest BCUT2D eigenvalue weighted by Gasteiger charge is -2.00. The molecule has 0 saturated heterocycles. The predicted molar refractivity (Wildman–Crippen MR) is 526 cm³/mol. The second kappa shape index (κ2) is 26.8. The third-order valence-corrected chi connectivity index (χ3v) is 26.9. The quantitative estimate of drug-likeness (QED) is 0.151. The van der Waals surface area contributed by atoms with Crippen LogP contribution < -0.4 is 0 Å². The number of hydrogen-bond donors (Lipinski definition) is 0. The first-order valence-corrected chi connectivity index (χ1v) is 42.6. The molecule has 0 fully saturated rings. The van der Waals surface area contributed by atoms with Crippen LogP contribution in [0.15, 0.2) is 386 Å². The van der Waals surface area contributed by atoms with E-state index in [1.807, 2.05) is 12.1 Å². The van der Waals surface area contributed by atoms with E-state index in [1.54, 1.807) is 0 Å². The van der Waals surface area contributed by atoms with E-state index in [0.717, 1.165) is 55.8 Å². The first-order chi connectivity index (χ1) is 61.5. The van der Waals surface area contributed by atoms with Gasteiger partial charge in [-0.3, -0.25) is 0 Å². The summed E-state index contributed by atoms with van der Waals surface area (Å²) >= 11 is 0. The summed E-state index contributed by atoms with van der Waals surface area (Å²) in [5.74, 6) is 0. The van der Waals surface area contributed by atoms with Crippen LogP contribution in [0.2, 0.25) is 0 Å². The van der Waals surface area contributed by atoms with Crippen LogP contribution in [0.25, 0.3) is 273 Å². The van der Waals surface area contributed by atoms with Gasteiger partial charge < -0.3 is 44.9 Å². The van der Waals surface area contributed by atoms with E-state index >= 15 is 0 Å². The van der Waals surface area contributed by atoms with E-state index in [9.17, 15) is 0 Å². The number of aryl methyl sites for hydroxylation is 5. The van der Waals surface area contributed by atoms with Gasteiger partial charge in [0.15, 0.2) is 11.2 Å². The molecule has 30 rings (SSSR count). The fourth-order valence-corrected chi connectivity index (χ4v) is 20.9. The number of rotatable bonds is 0. The van der Waals surface area contributed by atoms with E-state index in [2.05, 4.69) is 410 Å². The minimum Gasteiger partial charge on any atom is -0.456 e. The van der Waals surface area contributed by atoms with Gasteiger partial charge in [0.2, 0.25) is 0 Å². The molecule has 10 heteroatoms. The number of benzene rings is 20. The molecule has 0 spiro atoms.